The minimum Gasteiger partial charge on any atom is -0.493 e. The molecule has 0 fully saturated rings. The molecule has 4 aromatic rings. The first-order valence-corrected chi connectivity index (χ1v) is 8.72. The average Bonchev–Trinajstić information content (AvgIpc) is 3.11. The van der Waals surface area contributed by atoms with Crippen molar-refractivity contribution < 1.29 is 13.9 Å². The molecule has 0 atom stereocenters. The number of nitrogens with one attached hydrogen (secondary N) is 1. The molecule has 136 valence electrons. The maximum atomic E-state index is 14.0. The molecule has 1 aromatic heterocycles. The van der Waals surface area contributed by atoms with Gasteiger partial charge in [0.05, 0.1) is 23.2 Å². The number of H-pyrrole nitrogens is 1. The number of para-hydroxylation sites is 2. The molecule has 1 N–H and O–H groups in total. The molecular weight excluding hydrogens is 367 g/mol. The largest absolute Gasteiger partial charge is 0.493 e. The Kier molecular flexibility index (Phi) is 4.69. The van der Waals surface area contributed by atoms with E-state index in [2.05, 4.69) is 9.97 Å². The summed E-state index contributed by atoms with van der Waals surface area (Å²) >= 11 is 6.08. The molecule has 1 heterocycles. The molecule has 0 aliphatic rings. The topological polar surface area (TPSA) is 47.1 Å². The summed E-state index contributed by atoms with van der Waals surface area (Å²) in [5.41, 5.74) is 2.96. The lowest BCUT2D eigenvalue weighted by Crippen LogP contribution is -2.01. The molecule has 0 spiro atoms. The van der Waals surface area contributed by atoms with E-state index in [0.717, 1.165) is 16.6 Å². The van der Waals surface area contributed by atoms with Gasteiger partial charge >= 0.3 is 0 Å². The van der Waals surface area contributed by atoms with Crippen LogP contribution in [-0.4, -0.2) is 17.1 Å². The lowest BCUT2D eigenvalue weighted by Gasteiger charge is -2.13. The fraction of sp³-hybridized carbons (Fsp3) is 0.0952. The van der Waals surface area contributed by atoms with Crippen molar-refractivity contribution in [2.45, 2.75) is 6.61 Å². The van der Waals surface area contributed by atoms with E-state index >= 15 is 0 Å². The predicted octanol–water partition coefficient (Wildman–Crippen LogP) is 5.61. The van der Waals surface area contributed by atoms with Crippen molar-refractivity contribution >= 4 is 22.6 Å². The molecular formula is C21H16ClFN2O2. The molecule has 27 heavy (non-hydrogen) atoms. The van der Waals surface area contributed by atoms with E-state index in [1.165, 1.54) is 6.07 Å². The number of ether oxygens (including phenoxy) is 2. The van der Waals surface area contributed by atoms with Gasteiger partial charge in [-0.15, -0.1) is 0 Å². The fourth-order valence-corrected chi connectivity index (χ4v) is 3.06. The smallest absolute Gasteiger partial charge is 0.162 e. The number of hydrogen-bond donors (Lipinski definition) is 1. The lowest BCUT2D eigenvalue weighted by molar-refractivity contribution is 0.280. The molecule has 4 nitrogen and oxygen atoms in total. The number of aromatic amines is 1. The summed E-state index contributed by atoms with van der Waals surface area (Å²) < 4.78 is 25.2. The van der Waals surface area contributed by atoms with E-state index < -0.39 is 5.82 Å². The van der Waals surface area contributed by atoms with Crippen molar-refractivity contribution in [3.8, 4) is 22.9 Å². The van der Waals surface area contributed by atoms with E-state index in [1.54, 1.807) is 25.3 Å². The SMILES string of the molecule is COc1ccc(-c2nc3ccccc3[nH]2)cc1OCc1c(F)cccc1Cl. The molecule has 0 radical (unpaired) electrons. The Morgan fingerprint density at radius 3 is 2.67 bits per heavy atom. The first-order chi connectivity index (χ1) is 13.2. The Hall–Kier alpha value is -3.05. The second kappa shape index (κ2) is 7.29. The number of nitrogens with zero attached hydrogens (tertiary/aromatic N) is 1. The van der Waals surface area contributed by atoms with Gasteiger partial charge in [-0.25, -0.2) is 9.37 Å². The summed E-state index contributed by atoms with van der Waals surface area (Å²) in [7, 11) is 1.55. The molecule has 6 heteroatoms. The molecule has 0 bridgehead atoms. The van der Waals surface area contributed by atoms with E-state index in [0.29, 0.717) is 27.9 Å². The average molecular weight is 383 g/mol. The third kappa shape index (κ3) is 3.46. The van der Waals surface area contributed by atoms with E-state index in [1.807, 2.05) is 36.4 Å². The Balaban J connectivity index is 1.66. The molecule has 3 aromatic carbocycles. The number of fused-ring (bicyclic) bond motifs is 1. The zero-order valence-electron chi connectivity index (χ0n) is 14.5. The monoisotopic (exact) mass is 382 g/mol. The van der Waals surface area contributed by atoms with Crippen LogP contribution in [0.15, 0.2) is 60.7 Å². The highest BCUT2D eigenvalue weighted by Gasteiger charge is 2.13. The molecule has 0 amide bonds. The van der Waals surface area contributed by atoms with Crippen molar-refractivity contribution in [1.29, 1.82) is 0 Å². The highest BCUT2D eigenvalue weighted by molar-refractivity contribution is 6.31. The maximum Gasteiger partial charge on any atom is 0.162 e. The van der Waals surface area contributed by atoms with Gasteiger partial charge < -0.3 is 14.5 Å². The quantitative estimate of drug-likeness (QED) is 0.488. The van der Waals surface area contributed by atoms with E-state index in [9.17, 15) is 4.39 Å². The number of halogens is 2. The number of hydrogen-bond acceptors (Lipinski definition) is 3. The summed E-state index contributed by atoms with van der Waals surface area (Å²) in [4.78, 5) is 7.87. The minimum atomic E-state index is -0.407. The van der Waals surface area contributed by atoms with E-state index in [4.69, 9.17) is 21.1 Å². The van der Waals surface area contributed by atoms with Crippen LogP contribution in [0.2, 0.25) is 5.02 Å². The molecule has 0 unspecified atom stereocenters. The van der Waals surface area contributed by atoms with Crippen molar-refractivity contribution in [3.63, 3.8) is 0 Å². The van der Waals surface area contributed by atoms with Crippen LogP contribution in [0.1, 0.15) is 5.56 Å². The molecule has 0 aliphatic carbocycles. The Labute approximate surface area is 160 Å². The van der Waals surface area contributed by atoms with Crippen LogP contribution in [0.5, 0.6) is 11.5 Å². The summed E-state index contributed by atoms with van der Waals surface area (Å²) in [5, 5.41) is 0.322. The van der Waals surface area contributed by atoms with Gasteiger partial charge in [-0.05, 0) is 42.5 Å². The second-order valence-corrected chi connectivity index (χ2v) is 6.36. The number of aromatic nitrogens is 2. The molecule has 0 saturated heterocycles. The van der Waals surface area contributed by atoms with Crippen LogP contribution in [0.4, 0.5) is 4.39 Å². The number of imidazole rings is 1. The van der Waals surface area contributed by atoms with Gasteiger partial charge in [-0.3, -0.25) is 0 Å². The highest BCUT2D eigenvalue weighted by Crippen LogP contribution is 2.33. The normalized spacial score (nSPS) is 10.9. The van der Waals surface area contributed by atoms with Crippen LogP contribution in [0.3, 0.4) is 0 Å². The standard InChI is InChI=1S/C21H16ClFN2O2/c1-26-19-10-9-13(21-24-17-7-2-3-8-18(17)25-21)11-20(19)27-12-14-15(22)5-4-6-16(14)23/h2-11H,12H2,1H3,(H,24,25). The van der Waals surface area contributed by atoms with Crippen LogP contribution in [0.25, 0.3) is 22.4 Å². The summed E-state index contributed by atoms with van der Waals surface area (Å²) in [6, 6.07) is 17.8. The van der Waals surface area contributed by atoms with Crippen LogP contribution >= 0.6 is 11.6 Å². The summed E-state index contributed by atoms with van der Waals surface area (Å²) in [6.45, 7) is -0.00848. The van der Waals surface area contributed by atoms with Gasteiger partial charge in [0.1, 0.15) is 18.2 Å². The molecule has 0 aliphatic heterocycles. The van der Waals surface area contributed by atoms with Crippen molar-refractivity contribution in [3.05, 3.63) is 77.1 Å². The van der Waals surface area contributed by atoms with Gasteiger partial charge in [0.2, 0.25) is 0 Å². The maximum absolute atomic E-state index is 14.0. The first-order valence-electron chi connectivity index (χ1n) is 8.34. The number of methoxy groups -OCH3 is 1. The zero-order valence-corrected chi connectivity index (χ0v) is 15.3. The Bertz CT molecular complexity index is 1060. The Morgan fingerprint density at radius 1 is 1.04 bits per heavy atom. The van der Waals surface area contributed by atoms with Gasteiger partial charge in [-0.2, -0.15) is 0 Å². The predicted molar refractivity (Wildman–Crippen MR) is 104 cm³/mol. The molecule has 4 rings (SSSR count). The molecule has 0 saturated carbocycles. The van der Waals surface area contributed by atoms with Crippen LogP contribution < -0.4 is 9.47 Å². The number of benzene rings is 3. The van der Waals surface area contributed by atoms with Crippen molar-refractivity contribution in [1.82, 2.24) is 9.97 Å². The van der Waals surface area contributed by atoms with Crippen LogP contribution in [0, 0.1) is 5.82 Å². The van der Waals surface area contributed by atoms with Gasteiger partial charge in [0, 0.05) is 11.1 Å². The first kappa shape index (κ1) is 17.4. The minimum absolute atomic E-state index is 0.00848. The third-order valence-corrected chi connectivity index (χ3v) is 4.61. The Morgan fingerprint density at radius 2 is 1.89 bits per heavy atom. The van der Waals surface area contributed by atoms with E-state index in [-0.39, 0.29) is 6.61 Å². The van der Waals surface area contributed by atoms with Gasteiger partial charge in [0.25, 0.3) is 0 Å². The van der Waals surface area contributed by atoms with Crippen molar-refractivity contribution in [2.24, 2.45) is 0 Å². The van der Waals surface area contributed by atoms with Crippen LogP contribution in [-0.2, 0) is 6.61 Å². The second-order valence-electron chi connectivity index (χ2n) is 5.96. The lowest BCUT2D eigenvalue weighted by atomic mass is 10.2. The van der Waals surface area contributed by atoms with Gasteiger partial charge in [0.15, 0.2) is 11.5 Å². The summed E-state index contributed by atoms with van der Waals surface area (Å²) in [5.74, 6) is 1.33. The third-order valence-electron chi connectivity index (χ3n) is 4.26. The highest BCUT2D eigenvalue weighted by atomic mass is 35.5. The zero-order chi connectivity index (χ0) is 18.8. The number of rotatable bonds is 5. The summed E-state index contributed by atoms with van der Waals surface area (Å²) in [6.07, 6.45) is 0. The fourth-order valence-electron chi connectivity index (χ4n) is 2.85. The van der Waals surface area contributed by atoms with Crippen molar-refractivity contribution in [2.75, 3.05) is 7.11 Å². The van der Waals surface area contributed by atoms with Gasteiger partial charge in [-0.1, -0.05) is 29.8 Å².